The van der Waals surface area contributed by atoms with E-state index in [1.807, 2.05) is 0 Å². The molecule has 1 atom stereocenters. The number of nitrogen functional groups attached to an aromatic ring is 1. The third-order valence-electron chi connectivity index (χ3n) is 5.03. The molecule has 3 heterocycles. The zero-order valence-electron chi connectivity index (χ0n) is 16.2. The van der Waals surface area contributed by atoms with Crippen molar-refractivity contribution in [3.8, 4) is 11.3 Å². The van der Waals surface area contributed by atoms with Crippen molar-refractivity contribution in [3.05, 3.63) is 59.7 Å². The predicted molar refractivity (Wildman–Crippen MR) is 111 cm³/mol. The molecule has 0 unspecified atom stereocenters. The minimum atomic E-state index is -0.661. The van der Waals surface area contributed by atoms with Crippen molar-refractivity contribution in [2.75, 3.05) is 17.7 Å². The van der Waals surface area contributed by atoms with Crippen molar-refractivity contribution >= 4 is 17.6 Å². The highest BCUT2D eigenvalue weighted by atomic mass is 16.2. The summed E-state index contributed by atoms with van der Waals surface area (Å²) in [6.45, 7) is 0.869. The summed E-state index contributed by atoms with van der Waals surface area (Å²) in [7, 11) is 0. The fraction of sp³-hybridized carbons (Fsp3) is 0.250. The number of piperidine rings is 1. The molecule has 1 aliphatic rings. The van der Waals surface area contributed by atoms with Crippen LogP contribution in [0.4, 0.5) is 5.82 Å². The molecule has 154 valence electrons. The van der Waals surface area contributed by atoms with Crippen LogP contribution in [0.15, 0.2) is 42.6 Å². The minimum absolute atomic E-state index is 0.0346. The van der Waals surface area contributed by atoms with E-state index < -0.39 is 5.91 Å². The Balaban J connectivity index is 1.62. The number of hydrogen-bond donors (Lipinski definition) is 4. The first-order valence-electron chi connectivity index (χ1n) is 9.65. The number of hydrogen-bond acceptors (Lipinski definition) is 7. The summed E-state index contributed by atoms with van der Waals surface area (Å²) in [6.07, 6.45) is 4.55. The van der Waals surface area contributed by atoms with E-state index in [0.29, 0.717) is 28.5 Å². The molecule has 10 heteroatoms. The number of carbonyl (C=O) groups excluding carboxylic acids is 2. The van der Waals surface area contributed by atoms with Crippen molar-refractivity contribution in [2.45, 2.75) is 25.3 Å². The molecule has 4 rings (SSSR count). The minimum Gasteiger partial charge on any atom is -0.364 e. The maximum absolute atomic E-state index is 12.4. The average Bonchev–Trinajstić information content (AvgIpc) is 3.12. The van der Waals surface area contributed by atoms with Crippen LogP contribution in [0.5, 0.6) is 0 Å². The zero-order chi connectivity index (χ0) is 21.1. The summed E-state index contributed by atoms with van der Waals surface area (Å²) in [5, 5.41) is 13.6. The lowest BCUT2D eigenvalue weighted by Gasteiger charge is -2.22. The number of primary amides is 1. The Hall–Kier alpha value is -3.79. The number of nitrogens with zero attached hydrogens (tertiary/aromatic N) is 4. The molecule has 10 nitrogen and oxygen atoms in total. The molecule has 3 aromatic rings. The molecule has 6 N–H and O–H groups in total. The number of rotatable bonds is 5. The second kappa shape index (κ2) is 8.29. The van der Waals surface area contributed by atoms with E-state index in [1.54, 1.807) is 36.4 Å². The Bertz CT molecular complexity index is 1060. The third-order valence-corrected chi connectivity index (χ3v) is 5.03. The van der Waals surface area contributed by atoms with E-state index in [-0.39, 0.29) is 17.6 Å². The van der Waals surface area contributed by atoms with Gasteiger partial charge in [0.15, 0.2) is 11.5 Å². The first-order chi connectivity index (χ1) is 14.5. The average molecular weight is 406 g/mol. The fourth-order valence-corrected chi connectivity index (χ4v) is 3.54. The van der Waals surface area contributed by atoms with Crippen molar-refractivity contribution in [1.29, 1.82) is 0 Å². The van der Waals surface area contributed by atoms with Gasteiger partial charge in [0.05, 0.1) is 6.04 Å². The topological polar surface area (TPSA) is 154 Å². The molecule has 0 radical (unpaired) electrons. The number of amides is 2. The van der Waals surface area contributed by atoms with Crippen LogP contribution in [0, 0.1) is 0 Å². The maximum atomic E-state index is 12.4. The van der Waals surface area contributed by atoms with Crippen LogP contribution in [0.2, 0.25) is 0 Å². The van der Waals surface area contributed by atoms with Crippen LogP contribution in [0.3, 0.4) is 0 Å². The summed E-state index contributed by atoms with van der Waals surface area (Å²) in [6, 6.07) is 9.98. The monoisotopic (exact) mass is 406 g/mol. The van der Waals surface area contributed by atoms with Gasteiger partial charge in [-0.1, -0.05) is 18.6 Å². The summed E-state index contributed by atoms with van der Waals surface area (Å²) in [5.74, 6) is 6.12. The SMILES string of the molecule is NC(=O)c1c(-c2ccc(C(=O)Nc3cccnn3)cc2)nc([C@@H]2CCCCN2)n1N. The Morgan fingerprint density at radius 2 is 1.97 bits per heavy atom. The largest absolute Gasteiger partial charge is 0.364 e. The third kappa shape index (κ3) is 3.85. The summed E-state index contributed by atoms with van der Waals surface area (Å²) < 4.78 is 1.27. The van der Waals surface area contributed by atoms with Crippen molar-refractivity contribution in [2.24, 2.45) is 5.73 Å². The highest BCUT2D eigenvalue weighted by molar-refractivity contribution is 6.04. The van der Waals surface area contributed by atoms with Crippen LogP contribution in [0.1, 0.15) is 52.0 Å². The number of anilines is 1. The predicted octanol–water partition coefficient (Wildman–Crippen LogP) is 1.22. The van der Waals surface area contributed by atoms with Gasteiger partial charge in [-0.3, -0.25) is 9.59 Å². The van der Waals surface area contributed by atoms with Gasteiger partial charge in [-0.2, -0.15) is 5.10 Å². The van der Waals surface area contributed by atoms with Crippen molar-refractivity contribution < 1.29 is 9.59 Å². The first-order valence-corrected chi connectivity index (χ1v) is 9.65. The summed E-state index contributed by atoms with van der Waals surface area (Å²) >= 11 is 0. The number of aromatic nitrogens is 4. The molecule has 0 bridgehead atoms. The molecule has 2 aromatic heterocycles. The van der Waals surface area contributed by atoms with E-state index >= 15 is 0 Å². The Kier molecular flexibility index (Phi) is 5.40. The molecular weight excluding hydrogens is 384 g/mol. The molecule has 0 aliphatic carbocycles. The van der Waals surface area contributed by atoms with Crippen molar-refractivity contribution in [3.63, 3.8) is 0 Å². The van der Waals surface area contributed by atoms with E-state index in [0.717, 1.165) is 25.8 Å². The standard InChI is InChI=1S/C20H22N8O2/c21-18(29)17-16(26-19(28(17)22)14-4-1-2-10-23-14)12-6-8-13(9-7-12)20(30)25-15-5-3-11-24-27-15/h3,5-9,11,14,23H,1-2,4,10,22H2,(H2,21,29)(H,25,27,30)/t14-/m0/s1. The smallest absolute Gasteiger partial charge is 0.269 e. The van der Waals surface area contributed by atoms with Gasteiger partial charge in [-0.15, -0.1) is 5.10 Å². The second-order valence-electron chi connectivity index (χ2n) is 7.04. The fourth-order valence-electron chi connectivity index (χ4n) is 3.54. The normalized spacial score (nSPS) is 16.2. The number of imidazole rings is 1. The highest BCUT2D eigenvalue weighted by Crippen LogP contribution is 2.28. The van der Waals surface area contributed by atoms with E-state index in [9.17, 15) is 9.59 Å². The molecule has 0 spiro atoms. The van der Waals surface area contributed by atoms with E-state index in [1.165, 1.54) is 10.9 Å². The first kappa shape index (κ1) is 19.5. The number of nitrogens with two attached hydrogens (primary N) is 2. The van der Waals surface area contributed by atoms with Gasteiger partial charge in [-0.25, -0.2) is 9.66 Å². The Morgan fingerprint density at radius 3 is 2.60 bits per heavy atom. The lowest BCUT2D eigenvalue weighted by atomic mass is 10.0. The van der Waals surface area contributed by atoms with Crippen LogP contribution < -0.4 is 22.2 Å². The van der Waals surface area contributed by atoms with Crippen LogP contribution in [0.25, 0.3) is 11.3 Å². The van der Waals surface area contributed by atoms with Crippen molar-refractivity contribution in [1.82, 2.24) is 25.2 Å². The van der Waals surface area contributed by atoms with Gasteiger partial charge in [-0.05, 0) is 43.7 Å². The number of benzene rings is 1. The molecule has 1 aliphatic heterocycles. The Morgan fingerprint density at radius 1 is 1.17 bits per heavy atom. The number of carbonyl (C=O) groups is 2. The molecule has 1 fully saturated rings. The molecule has 2 amide bonds. The molecule has 0 saturated carbocycles. The highest BCUT2D eigenvalue weighted by Gasteiger charge is 2.27. The van der Waals surface area contributed by atoms with Gasteiger partial charge in [0.2, 0.25) is 0 Å². The lowest BCUT2D eigenvalue weighted by Crippen LogP contribution is -2.32. The molecular formula is C20H22N8O2. The van der Waals surface area contributed by atoms with Crippen LogP contribution >= 0.6 is 0 Å². The number of nitrogens with one attached hydrogen (secondary N) is 2. The molecule has 30 heavy (non-hydrogen) atoms. The van der Waals surface area contributed by atoms with Gasteiger partial charge in [0.1, 0.15) is 11.5 Å². The Labute approximate surface area is 172 Å². The van der Waals surface area contributed by atoms with Gasteiger partial charge in [0.25, 0.3) is 11.8 Å². The second-order valence-corrected chi connectivity index (χ2v) is 7.04. The summed E-state index contributed by atoms with van der Waals surface area (Å²) in [5.41, 5.74) is 7.18. The summed E-state index contributed by atoms with van der Waals surface area (Å²) in [4.78, 5) is 29.1. The lowest BCUT2D eigenvalue weighted by molar-refractivity contribution is 0.0991. The molecule has 1 saturated heterocycles. The quantitative estimate of drug-likeness (QED) is 0.464. The van der Waals surface area contributed by atoms with Crippen LogP contribution in [-0.4, -0.2) is 38.2 Å². The van der Waals surface area contributed by atoms with Crippen LogP contribution in [-0.2, 0) is 0 Å². The maximum Gasteiger partial charge on any atom is 0.269 e. The van der Waals surface area contributed by atoms with E-state index in [2.05, 4.69) is 25.8 Å². The van der Waals surface area contributed by atoms with E-state index in [4.69, 9.17) is 11.6 Å². The van der Waals surface area contributed by atoms with Gasteiger partial charge >= 0.3 is 0 Å². The van der Waals surface area contributed by atoms with Gasteiger partial charge in [0, 0.05) is 17.3 Å². The van der Waals surface area contributed by atoms with Gasteiger partial charge < -0.3 is 22.2 Å². The zero-order valence-corrected chi connectivity index (χ0v) is 16.2. The molecule has 1 aromatic carbocycles.